The van der Waals surface area contributed by atoms with E-state index in [-0.39, 0.29) is 17.7 Å². The van der Waals surface area contributed by atoms with Gasteiger partial charge in [0.05, 0.1) is 5.69 Å². The van der Waals surface area contributed by atoms with Gasteiger partial charge in [0.25, 0.3) is 0 Å². The number of carbonyl (C=O) groups is 1. The van der Waals surface area contributed by atoms with E-state index < -0.39 is 0 Å². The van der Waals surface area contributed by atoms with Crippen LogP contribution in [-0.2, 0) is 0 Å². The molecule has 0 spiro atoms. The summed E-state index contributed by atoms with van der Waals surface area (Å²) in [5.41, 5.74) is 2.14. The third-order valence-electron chi connectivity index (χ3n) is 5.38. The van der Waals surface area contributed by atoms with Gasteiger partial charge in [0.1, 0.15) is 5.69 Å². The lowest BCUT2D eigenvalue weighted by molar-refractivity contribution is 0.0946. The molecule has 0 radical (unpaired) electrons. The molecule has 0 aliphatic carbocycles. The van der Waals surface area contributed by atoms with E-state index in [0.717, 1.165) is 30.5 Å². The summed E-state index contributed by atoms with van der Waals surface area (Å²) >= 11 is 6.05. The summed E-state index contributed by atoms with van der Waals surface area (Å²) in [6.45, 7) is 0. The van der Waals surface area contributed by atoms with E-state index in [0.29, 0.717) is 23.2 Å². The maximum Gasteiger partial charge on any atom is 0.181 e. The second kappa shape index (κ2) is 6.50. The van der Waals surface area contributed by atoms with Gasteiger partial charge in [-0.3, -0.25) is 4.79 Å². The first-order valence-corrected chi connectivity index (χ1v) is 8.98. The fourth-order valence-electron chi connectivity index (χ4n) is 4.23. The van der Waals surface area contributed by atoms with Crippen molar-refractivity contribution >= 4 is 17.4 Å². The highest BCUT2D eigenvalue weighted by molar-refractivity contribution is 6.30. The molecule has 1 aromatic carbocycles. The second-order valence-corrected chi connectivity index (χ2v) is 7.28. The number of carbonyl (C=O) groups excluding carboxylic acids is 1. The molecule has 3 heterocycles. The fraction of sp³-hybridized carbons (Fsp3) is 0.350. The number of nitriles is 1. The van der Waals surface area contributed by atoms with Gasteiger partial charge in [-0.05, 0) is 49.4 Å². The van der Waals surface area contributed by atoms with Crippen molar-refractivity contribution in [3.05, 3.63) is 53.2 Å². The molecule has 5 heteroatoms. The Morgan fingerprint density at radius 3 is 2.88 bits per heavy atom. The van der Waals surface area contributed by atoms with Crippen molar-refractivity contribution in [3.8, 4) is 17.5 Å². The minimum Gasteiger partial charge on any atom is -0.304 e. The van der Waals surface area contributed by atoms with Gasteiger partial charge in [-0.25, -0.2) is 4.98 Å². The highest BCUT2D eigenvalue weighted by atomic mass is 35.5. The van der Waals surface area contributed by atoms with Gasteiger partial charge >= 0.3 is 0 Å². The number of Topliss-reactive ketones (excluding diaryl/α,β-unsaturated/α-hetero) is 1. The number of hydrogen-bond donors (Lipinski definition) is 0. The minimum atomic E-state index is 0.0549. The average molecular weight is 352 g/mol. The van der Waals surface area contributed by atoms with Crippen molar-refractivity contribution in [2.24, 2.45) is 5.92 Å². The molecule has 126 valence electrons. The minimum absolute atomic E-state index is 0.0549. The van der Waals surface area contributed by atoms with Crippen LogP contribution < -0.4 is 0 Å². The van der Waals surface area contributed by atoms with Crippen LogP contribution in [0.1, 0.15) is 36.2 Å². The van der Waals surface area contributed by atoms with Crippen LogP contribution in [-0.4, -0.2) is 27.8 Å². The Kier molecular flexibility index (Phi) is 4.19. The zero-order valence-corrected chi connectivity index (χ0v) is 14.5. The van der Waals surface area contributed by atoms with Crippen LogP contribution in [0.2, 0.25) is 5.02 Å². The molecule has 0 saturated carbocycles. The predicted molar refractivity (Wildman–Crippen MR) is 96.0 cm³/mol. The molecule has 2 fully saturated rings. The number of ketones is 1. The van der Waals surface area contributed by atoms with E-state index in [4.69, 9.17) is 11.6 Å². The summed E-state index contributed by atoms with van der Waals surface area (Å²) in [5.74, 6) is 0.321. The van der Waals surface area contributed by atoms with Crippen LogP contribution in [0.25, 0.3) is 11.3 Å². The number of hydrogen-bond acceptors (Lipinski definition) is 4. The average Bonchev–Trinajstić information content (AvgIpc) is 3.18. The maximum atomic E-state index is 12.7. The Hall–Kier alpha value is -2.38. The summed E-state index contributed by atoms with van der Waals surface area (Å²) in [7, 11) is 0. The fourth-order valence-corrected chi connectivity index (χ4v) is 4.42. The van der Waals surface area contributed by atoms with Crippen LogP contribution >= 0.6 is 11.6 Å². The molecule has 0 N–H and O–H groups in total. The summed E-state index contributed by atoms with van der Waals surface area (Å²) in [6.07, 6.45) is 5.80. The lowest BCUT2D eigenvalue weighted by Gasteiger charge is -2.19. The molecule has 2 aliphatic heterocycles. The third-order valence-corrected chi connectivity index (χ3v) is 5.62. The molecule has 25 heavy (non-hydrogen) atoms. The van der Waals surface area contributed by atoms with Crippen LogP contribution in [0.15, 0.2) is 42.5 Å². The van der Waals surface area contributed by atoms with E-state index in [9.17, 15) is 10.1 Å². The SMILES string of the molecule is N#CN1[C@H]2CC[C@@H]1[C@H](CC(=O)c1cccc(-c3cccc(Cl)c3)n1)C2. The predicted octanol–water partition coefficient (Wildman–Crippen LogP) is 4.31. The standard InChI is InChI=1S/C20H18ClN3O/c21-15-4-1-3-13(9-15)17-5-2-6-18(23-17)20(25)11-14-10-16-7-8-19(14)24(16)12-22/h1-6,9,14,16,19H,7-8,10-11H2/t14-,16-,19+/m0/s1. The Balaban J connectivity index is 1.52. The topological polar surface area (TPSA) is 57.0 Å². The quantitative estimate of drug-likeness (QED) is 0.608. The van der Waals surface area contributed by atoms with Gasteiger partial charge in [0.15, 0.2) is 12.0 Å². The Morgan fingerprint density at radius 2 is 2.12 bits per heavy atom. The highest BCUT2D eigenvalue weighted by Gasteiger charge is 2.46. The molecule has 4 rings (SSSR count). The molecule has 2 aromatic rings. The van der Waals surface area contributed by atoms with E-state index in [1.807, 2.05) is 41.3 Å². The molecular formula is C20H18ClN3O. The highest BCUT2D eigenvalue weighted by Crippen LogP contribution is 2.42. The number of halogens is 1. The van der Waals surface area contributed by atoms with Crippen LogP contribution in [0, 0.1) is 17.4 Å². The van der Waals surface area contributed by atoms with E-state index >= 15 is 0 Å². The Labute approximate surface area is 152 Å². The van der Waals surface area contributed by atoms with Crippen LogP contribution in [0.4, 0.5) is 0 Å². The smallest absolute Gasteiger partial charge is 0.181 e. The first-order valence-electron chi connectivity index (χ1n) is 8.60. The van der Waals surface area contributed by atoms with Gasteiger partial charge in [-0.2, -0.15) is 5.26 Å². The lowest BCUT2D eigenvalue weighted by Crippen LogP contribution is -2.26. The van der Waals surface area contributed by atoms with Crippen molar-refractivity contribution in [1.29, 1.82) is 5.26 Å². The number of benzene rings is 1. The van der Waals surface area contributed by atoms with Crippen molar-refractivity contribution in [2.45, 2.75) is 37.8 Å². The first-order chi connectivity index (χ1) is 12.2. The Bertz CT molecular complexity index is 860. The molecule has 4 nitrogen and oxygen atoms in total. The summed E-state index contributed by atoms with van der Waals surface area (Å²) in [6, 6.07) is 13.5. The van der Waals surface area contributed by atoms with E-state index in [2.05, 4.69) is 11.2 Å². The molecule has 1 aromatic heterocycles. The van der Waals surface area contributed by atoms with E-state index in [1.165, 1.54) is 0 Å². The van der Waals surface area contributed by atoms with Crippen LogP contribution in [0.5, 0.6) is 0 Å². The second-order valence-electron chi connectivity index (χ2n) is 6.85. The number of rotatable bonds is 4. The van der Waals surface area contributed by atoms with Gasteiger partial charge in [0, 0.05) is 29.1 Å². The normalized spacial score (nSPS) is 24.3. The van der Waals surface area contributed by atoms with E-state index in [1.54, 1.807) is 6.07 Å². The van der Waals surface area contributed by atoms with Gasteiger partial charge in [0.2, 0.25) is 0 Å². The maximum absolute atomic E-state index is 12.7. The van der Waals surface area contributed by atoms with Gasteiger partial charge in [-0.15, -0.1) is 0 Å². The molecule has 3 atom stereocenters. The largest absolute Gasteiger partial charge is 0.304 e. The summed E-state index contributed by atoms with van der Waals surface area (Å²) < 4.78 is 0. The third kappa shape index (κ3) is 3.01. The number of aromatic nitrogens is 1. The molecular weight excluding hydrogens is 334 g/mol. The Morgan fingerprint density at radius 1 is 1.28 bits per heavy atom. The molecule has 2 aliphatic rings. The summed E-state index contributed by atoms with van der Waals surface area (Å²) in [5, 5.41) is 9.92. The molecule has 0 amide bonds. The zero-order chi connectivity index (χ0) is 17.4. The van der Waals surface area contributed by atoms with Crippen molar-refractivity contribution < 1.29 is 4.79 Å². The molecule has 0 unspecified atom stereocenters. The van der Waals surface area contributed by atoms with Gasteiger partial charge < -0.3 is 4.90 Å². The van der Waals surface area contributed by atoms with Crippen LogP contribution in [0.3, 0.4) is 0 Å². The van der Waals surface area contributed by atoms with Crippen molar-refractivity contribution in [3.63, 3.8) is 0 Å². The monoisotopic (exact) mass is 351 g/mol. The summed E-state index contributed by atoms with van der Waals surface area (Å²) in [4.78, 5) is 19.2. The zero-order valence-electron chi connectivity index (χ0n) is 13.7. The molecule has 2 saturated heterocycles. The lowest BCUT2D eigenvalue weighted by atomic mass is 9.85. The number of nitrogens with zero attached hydrogens (tertiary/aromatic N) is 3. The van der Waals surface area contributed by atoms with Gasteiger partial charge in [-0.1, -0.05) is 29.8 Å². The van der Waals surface area contributed by atoms with Crippen molar-refractivity contribution in [1.82, 2.24) is 9.88 Å². The molecule has 2 bridgehead atoms. The first kappa shape index (κ1) is 16.1. The van der Waals surface area contributed by atoms with Crippen molar-refractivity contribution in [2.75, 3.05) is 0 Å². The number of pyridine rings is 1. The number of fused-ring (bicyclic) bond motifs is 2.